The Hall–Kier alpha value is -1.89. The van der Waals surface area contributed by atoms with Crippen LogP contribution in [-0.4, -0.2) is 58.9 Å². The number of non-ortho nitro benzene ring substituents is 1. The minimum atomic E-state index is -0.790. The molecule has 4 rings (SSSR count). The molecule has 0 bridgehead atoms. The van der Waals surface area contributed by atoms with Crippen molar-refractivity contribution in [2.45, 2.75) is 69.9 Å². The molecule has 1 unspecified atom stereocenters. The molecule has 0 aliphatic carbocycles. The first-order valence-electron chi connectivity index (χ1n) is 9.68. The lowest BCUT2D eigenvalue weighted by molar-refractivity contribution is -0.384. The van der Waals surface area contributed by atoms with Gasteiger partial charge >= 0.3 is 0 Å². The number of thiocarbonyl (C=S) groups is 1. The zero-order valence-electron chi connectivity index (χ0n) is 17.1. The zero-order valence-corrected chi connectivity index (χ0v) is 17.9. The molecule has 0 radical (unpaired) electrons. The predicted molar refractivity (Wildman–Crippen MR) is 110 cm³/mol. The van der Waals surface area contributed by atoms with Crippen molar-refractivity contribution in [1.29, 1.82) is 0 Å². The van der Waals surface area contributed by atoms with E-state index in [0.717, 1.165) is 0 Å². The van der Waals surface area contributed by atoms with Crippen molar-refractivity contribution in [3.05, 3.63) is 34.4 Å². The molecule has 2 N–H and O–H groups in total. The molecule has 0 aromatic heterocycles. The molecule has 3 aliphatic heterocycles. The number of benzene rings is 1. The third kappa shape index (κ3) is 4.41. The topological polar surface area (TPSA) is 113 Å². The van der Waals surface area contributed by atoms with Crippen LogP contribution in [0.15, 0.2) is 24.3 Å². The van der Waals surface area contributed by atoms with E-state index in [0.29, 0.717) is 12.3 Å². The Morgan fingerprint density at radius 3 is 2.60 bits per heavy atom. The Morgan fingerprint density at radius 2 is 1.93 bits per heavy atom. The molecule has 0 saturated carbocycles. The van der Waals surface area contributed by atoms with Crippen LogP contribution in [-0.2, 0) is 23.7 Å². The van der Waals surface area contributed by atoms with E-state index >= 15 is 0 Å². The van der Waals surface area contributed by atoms with Crippen molar-refractivity contribution in [2.24, 2.45) is 0 Å². The second-order valence-corrected chi connectivity index (χ2v) is 8.78. The summed E-state index contributed by atoms with van der Waals surface area (Å²) in [5.41, 5.74) is 0.470. The molecule has 3 aliphatic rings. The lowest BCUT2D eigenvalue weighted by Gasteiger charge is -2.30. The van der Waals surface area contributed by atoms with Gasteiger partial charge in [-0.1, -0.05) is 6.07 Å². The third-order valence-electron chi connectivity index (χ3n) is 5.10. The number of nitro benzene ring substituents is 1. The van der Waals surface area contributed by atoms with Gasteiger partial charge in [0.25, 0.3) is 5.69 Å². The average Bonchev–Trinajstić information content (AvgIpc) is 3.25. The molecule has 30 heavy (non-hydrogen) atoms. The number of nitro groups is 1. The second kappa shape index (κ2) is 7.66. The van der Waals surface area contributed by atoms with Gasteiger partial charge in [-0.25, -0.2) is 0 Å². The lowest BCUT2D eigenvalue weighted by Crippen LogP contribution is -2.53. The SMILES string of the molecule is CC1(C)OCC([C@H]2O[C@@H]3OC(C)(C)O[C@@H]3[C@@H]2NC(=S)Nc2cccc([N+](=O)[O-])c2)O1. The van der Waals surface area contributed by atoms with E-state index in [-0.39, 0.29) is 22.9 Å². The molecule has 3 fully saturated rings. The Kier molecular flexibility index (Phi) is 5.45. The fraction of sp³-hybridized carbons (Fsp3) is 0.632. The van der Waals surface area contributed by atoms with Gasteiger partial charge in [0.05, 0.1) is 17.6 Å². The molecule has 1 aromatic carbocycles. The minimum absolute atomic E-state index is 0.0297. The summed E-state index contributed by atoms with van der Waals surface area (Å²) in [6.07, 6.45) is -1.75. The molecule has 10 nitrogen and oxygen atoms in total. The molecule has 0 spiro atoms. The Morgan fingerprint density at radius 1 is 1.17 bits per heavy atom. The lowest BCUT2D eigenvalue weighted by atomic mass is 10.0. The maximum Gasteiger partial charge on any atom is 0.271 e. The number of hydrogen-bond donors (Lipinski definition) is 2. The van der Waals surface area contributed by atoms with Gasteiger partial charge < -0.3 is 34.3 Å². The van der Waals surface area contributed by atoms with Crippen LogP contribution in [0.2, 0.25) is 0 Å². The van der Waals surface area contributed by atoms with E-state index in [4.69, 9.17) is 35.9 Å². The number of fused-ring (bicyclic) bond motifs is 1. The van der Waals surface area contributed by atoms with E-state index in [1.54, 1.807) is 12.1 Å². The maximum atomic E-state index is 11.0. The van der Waals surface area contributed by atoms with Gasteiger partial charge in [-0.05, 0) is 46.0 Å². The summed E-state index contributed by atoms with van der Waals surface area (Å²) >= 11 is 5.46. The molecule has 3 saturated heterocycles. The van der Waals surface area contributed by atoms with Crippen molar-refractivity contribution in [3.8, 4) is 0 Å². The van der Waals surface area contributed by atoms with Gasteiger partial charge in [0, 0.05) is 17.8 Å². The first-order chi connectivity index (χ1) is 14.0. The minimum Gasteiger partial charge on any atom is -0.354 e. The molecule has 3 heterocycles. The smallest absolute Gasteiger partial charge is 0.271 e. The average molecular weight is 439 g/mol. The summed E-state index contributed by atoms with van der Waals surface area (Å²) in [6.45, 7) is 7.69. The second-order valence-electron chi connectivity index (χ2n) is 8.37. The van der Waals surface area contributed by atoms with Crippen molar-refractivity contribution in [3.63, 3.8) is 0 Å². The maximum absolute atomic E-state index is 11.0. The van der Waals surface area contributed by atoms with Crippen molar-refractivity contribution in [1.82, 2.24) is 5.32 Å². The molecule has 164 valence electrons. The number of nitrogens with one attached hydrogen (secondary N) is 2. The number of hydrogen-bond acceptors (Lipinski definition) is 8. The standard InChI is InChI=1S/C19H25N3O7S/c1-18(2)25-9-12(27-18)14-13(15-16(26-14)29-19(3,4)28-15)21-17(30)20-10-6-5-7-11(8-10)22(23)24/h5-8,12-16H,9H2,1-4H3,(H2,20,21,30)/t12?,13-,14-,15-,16-/m1/s1. The monoisotopic (exact) mass is 439 g/mol. The van der Waals surface area contributed by atoms with Gasteiger partial charge in [-0.3, -0.25) is 10.1 Å². The Labute approximate surface area is 179 Å². The Balaban J connectivity index is 1.49. The van der Waals surface area contributed by atoms with Crippen LogP contribution in [0.4, 0.5) is 11.4 Å². The van der Waals surface area contributed by atoms with Crippen LogP contribution in [0.1, 0.15) is 27.7 Å². The number of anilines is 1. The van der Waals surface area contributed by atoms with Gasteiger partial charge in [0.2, 0.25) is 0 Å². The van der Waals surface area contributed by atoms with Crippen molar-refractivity contribution in [2.75, 3.05) is 11.9 Å². The van der Waals surface area contributed by atoms with Crippen LogP contribution in [0.25, 0.3) is 0 Å². The van der Waals surface area contributed by atoms with E-state index in [1.807, 2.05) is 27.7 Å². The van der Waals surface area contributed by atoms with Gasteiger partial charge in [-0.15, -0.1) is 0 Å². The van der Waals surface area contributed by atoms with Crippen molar-refractivity contribution < 1.29 is 28.6 Å². The molecular formula is C19H25N3O7S. The first kappa shape index (κ1) is 21.3. The Bertz CT molecular complexity index is 849. The summed E-state index contributed by atoms with van der Waals surface area (Å²) in [6, 6.07) is 5.73. The zero-order chi connectivity index (χ0) is 21.7. The summed E-state index contributed by atoms with van der Waals surface area (Å²) in [7, 11) is 0. The summed E-state index contributed by atoms with van der Waals surface area (Å²) in [4.78, 5) is 10.5. The van der Waals surface area contributed by atoms with Crippen LogP contribution in [0, 0.1) is 10.1 Å². The predicted octanol–water partition coefficient (Wildman–Crippen LogP) is 2.28. The fourth-order valence-corrected chi connectivity index (χ4v) is 4.16. The first-order valence-corrected chi connectivity index (χ1v) is 10.1. The van der Waals surface area contributed by atoms with Crippen LogP contribution >= 0.6 is 12.2 Å². The molecule has 11 heteroatoms. The van der Waals surface area contributed by atoms with Crippen LogP contribution < -0.4 is 10.6 Å². The molecule has 5 atom stereocenters. The summed E-state index contributed by atoms with van der Waals surface area (Å²) in [5, 5.41) is 17.5. The highest BCUT2D eigenvalue weighted by Crippen LogP contribution is 2.40. The van der Waals surface area contributed by atoms with Gasteiger partial charge in [0.1, 0.15) is 18.3 Å². The van der Waals surface area contributed by atoms with Crippen LogP contribution in [0.5, 0.6) is 0 Å². The number of nitrogens with zero attached hydrogens (tertiary/aromatic N) is 1. The van der Waals surface area contributed by atoms with Crippen LogP contribution in [0.3, 0.4) is 0 Å². The number of ether oxygens (including phenoxy) is 5. The van der Waals surface area contributed by atoms with Gasteiger partial charge in [-0.2, -0.15) is 0 Å². The largest absolute Gasteiger partial charge is 0.354 e. The van der Waals surface area contributed by atoms with E-state index in [2.05, 4.69) is 10.6 Å². The molecule has 1 aromatic rings. The van der Waals surface area contributed by atoms with Crippen molar-refractivity contribution >= 4 is 28.7 Å². The molecule has 0 amide bonds. The quantitative estimate of drug-likeness (QED) is 0.411. The fourth-order valence-electron chi connectivity index (χ4n) is 3.91. The highest BCUT2D eigenvalue weighted by atomic mass is 32.1. The normalized spacial score (nSPS) is 33.8. The highest BCUT2D eigenvalue weighted by molar-refractivity contribution is 7.80. The van der Waals surface area contributed by atoms with E-state index in [9.17, 15) is 10.1 Å². The van der Waals surface area contributed by atoms with E-state index in [1.165, 1.54) is 12.1 Å². The third-order valence-corrected chi connectivity index (χ3v) is 5.32. The van der Waals surface area contributed by atoms with Gasteiger partial charge in [0.15, 0.2) is 23.0 Å². The number of rotatable bonds is 4. The summed E-state index contributed by atoms with van der Waals surface area (Å²) in [5.74, 6) is -1.50. The van der Waals surface area contributed by atoms with E-state index < -0.39 is 35.0 Å². The molecular weight excluding hydrogens is 414 g/mol. The highest BCUT2D eigenvalue weighted by Gasteiger charge is 2.58. The summed E-state index contributed by atoms with van der Waals surface area (Å²) < 4.78 is 29.7.